The molecule has 7 heteroatoms. The topological polar surface area (TPSA) is 81.2 Å². The van der Waals surface area contributed by atoms with Crippen LogP contribution < -0.4 is 5.32 Å². The Morgan fingerprint density at radius 2 is 1.63 bits per heavy atom. The Morgan fingerprint density at radius 1 is 1.00 bits per heavy atom. The van der Waals surface area contributed by atoms with Gasteiger partial charge in [0, 0.05) is 5.69 Å². The predicted octanol–water partition coefficient (Wildman–Crippen LogP) is 3.57. The van der Waals surface area contributed by atoms with Crippen molar-refractivity contribution in [3.8, 4) is 0 Å². The van der Waals surface area contributed by atoms with Crippen LogP contribution in [0.1, 0.15) is 28.7 Å². The Hall–Kier alpha value is -3.35. The fourth-order valence-corrected chi connectivity index (χ4v) is 2.42. The van der Waals surface area contributed by atoms with Crippen molar-refractivity contribution in [2.24, 2.45) is 0 Å². The standard InChI is InChI=1S/C20H18FN3O3/c1-11-12(2)23-18-10-14(4-9-17(18)22-11)20(26)27-13(3)19(25)24-16-7-5-15(21)6-8-16/h4-10,13H,1-3H3,(H,24,25)/t13-/m1/s1. The van der Waals surface area contributed by atoms with Crippen molar-refractivity contribution in [1.29, 1.82) is 0 Å². The molecule has 1 N–H and O–H groups in total. The first kappa shape index (κ1) is 18.4. The van der Waals surface area contributed by atoms with E-state index in [9.17, 15) is 14.0 Å². The fraction of sp³-hybridized carbons (Fsp3) is 0.200. The first-order valence-electron chi connectivity index (χ1n) is 8.36. The van der Waals surface area contributed by atoms with Crippen LogP contribution in [0.3, 0.4) is 0 Å². The van der Waals surface area contributed by atoms with E-state index in [1.807, 2.05) is 13.8 Å². The lowest BCUT2D eigenvalue weighted by Gasteiger charge is -2.14. The molecule has 138 valence electrons. The SMILES string of the molecule is Cc1nc2ccc(C(=O)O[C@H](C)C(=O)Nc3ccc(F)cc3)cc2nc1C. The average molecular weight is 367 g/mol. The van der Waals surface area contributed by atoms with Crippen LogP contribution in [-0.2, 0) is 9.53 Å². The number of carbonyl (C=O) groups excluding carboxylic acids is 2. The third-order valence-corrected chi connectivity index (χ3v) is 4.08. The van der Waals surface area contributed by atoms with Gasteiger partial charge in [-0.05, 0) is 63.2 Å². The van der Waals surface area contributed by atoms with Crippen molar-refractivity contribution < 1.29 is 18.7 Å². The number of ether oxygens (including phenoxy) is 1. The lowest BCUT2D eigenvalue weighted by Crippen LogP contribution is -2.30. The number of hydrogen-bond acceptors (Lipinski definition) is 5. The van der Waals surface area contributed by atoms with E-state index in [1.54, 1.807) is 18.2 Å². The highest BCUT2D eigenvalue weighted by atomic mass is 19.1. The summed E-state index contributed by atoms with van der Waals surface area (Å²) in [5.41, 5.74) is 3.55. The molecule has 2 aromatic carbocycles. The summed E-state index contributed by atoms with van der Waals surface area (Å²) in [5.74, 6) is -1.56. The minimum atomic E-state index is -1.02. The van der Waals surface area contributed by atoms with Crippen molar-refractivity contribution in [2.75, 3.05) is 5.32 Å². The number of esters is 1. The predicted molar refractivity (Wildman–Crippen MR) is 98.9 cm³/mol. The molecule has 0 spiro atoms. The van der Waals surface area contributed by atoms with Gasteiger partial charge < -0.3 is 10.1 Å². The first-order valence-corrected chi connectivity index (χ1v) is 8.36. The van der Waals surface area contributed by atoms with Crippen LogP contribution in [0, 0.1) is 19.7 Å². The molecule has 0 unspecified atom stereocenters. The highest BCUT2D eigenvalue weighted by Crippen LogP contribution is 2.16. The Bertz CT molecular complexity index is 1020. The van der Waals surface area contributed by atoms with Gasteiger partial charge in [-0.15, -0.1) is 0 Å². The quantitative estimate of drug-likeness (QED) is 0.713. The number of hydrogen-bond donors (Lipinski definition) is 1. The second-order valence-corrected chi connectivity index (χ2v) is 6.14. The van der Waals surface area contributed by atoms with Gasteiger partial charge >= 0.3 is 5.97 Å². The van der Waals surface area contributed by atoms with Gasteiger partial charge in [0.25, 0.3) is 5.91 Å². The van der Waals surface area contributed by atoms with E-state index >= 15 is 0 Å². The molecule has 0 radical (unpaired) electrons. The van der Waals surface area contributed by atoms with E-state index in [0.717, 1.165) is 11.4 Å². The van der Waals surface area contributed by atoms with Crippen LogP contribution in [0.4, 0.5) is 10.1 Å². The molecule has 1 atom stereocenters. The third kappa shape index (κ3) is 4.25. The third-order valence-electron chi connectivity index (χ3n) is 4.08. The highest BCUT2D eigenvalue weighted by molar-refractivity contribution is 5.98. The molecule has 0 fully saturated rings. The highest BCUT2D eigenvalue weighted by Gasteiger charge is 2.19. The van der Waals surface area contributed by atoms with E-state index in [1.165, 1.54) is 31.2 Å². The molecule has 1 amide bonds. The molecule has 0 bridgehead atoms. The summed E-state index contributed by atoms with van der Waals surface area (Å²) in [6, 6.07) is 10.2. The monoisotopic (exact) mass is 367 g/mol. The van der Waals surface area contributed by atoms with E-state index in [4.69, 9.17) is 4.74 Å². The minimum Gasteiger partial charge on any atom is -0.449 e. The molecule has 0 aliphatic carbocycles. The van der Waals surface area contributed by atoms with Gasteiger partial charge in [0.1, 0.15) is 5.82 Å². The summed E-state index contributed by atoms with van der Waals surface area (Å²) in [6.07, 6.45) is -1.02. The van der Waals surface area contributed by atoms with Gasteiger partial charge in [-0.25, -0.2) is 19.2 Å². The number of nitrogens with one attached hydrogen (secondary N) is 1. The Morgan fingerprint density at radius 3 is 2.30 bits per heavy atom. The number of nitrogens with zero attached hydrogens (tertiary/aromatic N) is 2. The summed E-state index contributed by atoms with van der Waals surface area (Å²) in [5, 5.41) is 2.56. The van der Waals surface area contributed by atoms with Gasteiger partial charge in [-0.1, -0.05) is 0 Å². The number of halogens is 1. The molecular formula is C20H18FN3O3. The van der Waals surface area contributed by atoms with Crippen LogP contribution in [0.15, 0.2) is 42.5 Å². The van der Waals surface area contributed by atoms with E-state index < -0.39 is 23.8 Å². The number of amides is 1. The number of benzene rings is 2. The molecule has 0 aliphatic heterocycles. The van der Waals surface area contributed by atoms with Crippen molar-refractivity contribution in [3.63, 3.8) is 0 Å². The van der Waals surface area contributed by atoms with Crippen LogP contribution in [-0.4, -0.2) is 27.9 Å². The van der Waals surface area contributed by atoms with Crippen LogP contribution in [0.25, 0.3) is 11.0 Å². The van der Waals surface area contributed by atoms with Crippen molar-refractivity contribution in [1.82, 2.24) is 9.97 Å². The fourth-order valence-electron chi connectivity index (χ4n) is 2.42. The number of anilines is 1. The number of aromatic nitrogens is 2. The first-order chi connectivity index (χ1) is 12.8. The zero-order valence-electron chi connectivity index (χ0n) is 15.1. The summed E-state index contributed by atoms with van der Waals surface area (Å²) in [6.45, 7) is 5.17. The maximum absolute atomic E-state index is 12.9. The molecule has 0 saturated carbocycles. The Balaban J connectivity index is 1.70. The molecule has 6 nitrogen and oxygen atoms in total. The Kier molecular flexibility index (Phi) is 5.12. The van der Waals surface area contributed by atoms with E-state index in [2.05, 4.69) is 15.3 Å². The number of fused-ring (bicyclic) bond motifs is 1. The molecule has 3 rings (SSSR count). The summed E-state index contributed by atoms with van der Waals surface area (Å²) < 4.78 is 18.1. The number of carbonyl (C=O) groups is 2. The maximum atomic E-state index is 12.9. The Labute approximate surface area is 155 Å². The molecular weight excluding hydrogens is 349 g/mol. The minimum absolute atomic E-state index is 0.279. The molecule has 3 aromatic rings. The summed E-state index contributed by atoms with van der Waals surface area (Å²) in [4.78, 5) is 33.3. The lowest BCUT2D eigenvalue weighted by molar-refractivity contribution is -0.123. The smallest absolute Gasteiger partial charge is 0.338 e. The molecule has 1 heterocycles. The zero-order chi connectivity index (χ0) is 19.6. The molecule has 1 aromatic heterocycles. The van der Waals surface area contributed by atoms with Crippen LogP contribution >= 0.6 is 0 Å². The summed E-state index contributed by atoms with van der Waals surface area (Å²) in [7, 11) is 0. The molecule has 0 aliphatic rings. The van der Waals surface area contributed by atoms with Crippen LogP contribution in [0.5, 0.6) is 0 Å². The second-order valence-electron chi connectivity index (χ2n) is 6.14. The van der Waals surface area contributed by atoms with Gasteiger partial charge in [-0.2, -0.15) is 0 Å². The van der Waals surface area contributed by atoms with Gasteiger partial charge in [-0.3, -0.25) is 4.79 Å². The second kappa shape index (κ2) is 7.49. The van der Waals surface area contributed by atoms with Gasteiger partial charge in [0.05, 0.1) is 28.0 Å². The van der Waals surface area contributed by atoms with E-state index in [-0.39, 0.29) is 5.56 Å². The number of aryl methyl sites for hydroxylation is 2. The molecule has 0 saturated heterocycles. The normalized spacial score (nSPS) is 11.9. The van der Waals surface area contributed by atoms with Gasteiger partial charge in [0.2, 0.25) is 0 Å². The van der Waals surface area contributed by atoms with E-state index in [0.29, 0.717) is 16.7 Å². The zero-order valence-corrected chi connectivity index (χ0v) is 15.1. The van der Waals surface area contributed by atoms with Crippen molar-refractivity contribution in [2.45, 2.75) is 26.9 Å². The van der Waals surface area contributed by atoms with Crippen molar-refractivity contribution >= 4 is 28.6 Å². The number of rotatable bonds is 4. The van der Waals surface area contributed by atoms with Crippen LogP contribution in [0.2, 0.25) is 0 Å². The summed E-state index contributed by atoms with van der Waals surface area (Å²) >= 11 is 0. The average Bonchev–Trinajstić information content (AvgIpc) is 2.64. The van der Waals surface area contributed by atoms with Gasteiger partial charge in [0.15, 0.2) is 6.10 Å². The largest absolute Gasteiger partial charge is 0.449 e. The lowest BCUT2D eigenvalue weighted by atomic mass is 10.2. The maximum Gasteiger partial charge on any atom is 0.338 e. The molecule has 27 heavy (non-hydrogen) atoms. The van der Waals surface area contributed by atoms with Crippen molar-refractivity contribution in [3.05, 3.63) is 65.2 Å².